The van der Waals surface area contributed by atoms with E-state index in [-0.39, 0.29) is 12.5 Å². The molecule has 0 atom stereocenters. The molecule has 1 rings (SSSR count). The van der Waals surface area contributed by atoms with Gasteiger partial charge in [-0.05, 0) is 24.6 Å². The van der Waals surface area contributed by atoms with Crippen LogP contribution in [0.1, 0.15) is 12.5 Å². The monoisotopic (exact) mass is 262 g/mol. The largest absolute Gasteiger partial charge is 0.478 e. The molecule has 2 N–H and O–H groups in total. The molecule has 1 aromatic carbocycles. The van der Waals surface area contributed by atoms with Crippen LogP contribution in [0.4, 0.5) is 5.69 Å². The fourth-order valence-electron chi connectivity index (χ4n) is 1.70. The van der Waals surface area contributed by atoms with Gasteiger partial charge in [0.05, 0.1) is 6.54 Å². The number of benzene rings is 1. The SMILES string of the molecule is CCN(CC(=O)NC)c1ccccc1C=CC(=O)O. The number of carboxylic acids is 1. The Morgan fingerprint density at radius 1 is 1.37 bits per heavy atom. The molecule has 0 aliphatic heterocycles. The minimum Gasteiger partial charge on any atom is -0.478 e. The number of nitrogens with one attached hydrogen (secondary N) is 1. The van der Waals surface area contributed by atoms with Crippen LogP contribution in [-0.2, 0) is 9.59 Å². The molecule has 0 bridgehead atoms. The van der Waals surface area contributed by atoms with Gasteiger partial charge in [-0.1, -0.05) is 18.2 Å². The van der Waals surface area contributed by atoms with Gasteiger partial charge >= 0.3 is 5.97 Å². The summed E-state index contributed by atoms with van der Waals surface area (Å²) in [4.78, 5) is 23.9. The predicted molar refractivity (Wildman–Crippen MR) is 75.1 cm³/mol. The minimum atomic E-state index is -0.996. The van der Waals surface area contributed by atoms with Crippen LogP contribution in [0.5, 0.6) is 0 Å². The van der Waals surface area contributed by atoms with Crippen molar-refractivity contribution in [3.05, 3.63) is 35.9 Å². The van der Waals surface area contributed by atoms with Crippen molar-refractivity contribution in [3.63, 3.8) is 0 Å². The number of hydrogen-bond acceptors (Lipinski definition) is 3. The second-order valence-corrected chi connectivity index (χ2v) is 3.92. The lowest BCUT2D eigenvalue weighted by atomic mass is 10.1. The van der Waals surface area contributed by atoms with Crippen molar-refractivity contribution in [2.45, 2.75) is 6.92 Å². The van der Waals surface area contributed by atoms with Gasteiger partial charge in [0.15, 0.2) is 0 Å². The van der Waals surface area contributed by atoms with Crippen molar-refractivity contribution in [3.8, 4) is 0 Å². The third kappa shape index (κ3) is 4.46. The Morgan fingerprint density at radius 3 is 2.63 bits per heavy atom. The van der Waals surface area contributed by atoms with E-state index in [1.807, 2.05) is 36.1 Å². The first-order valence-corrected chi connectivity index (χ1v) is 6.04. The number of carbonyl (C=O) groups is 2. The molecule has 1 aromatic rings. The molecule has 0 aromatic heterocycles. The Balaban J connectivity index is 3.02. The molecule has 0 aliphatic carbocycles. The second-order valence-electron chi connectivity index (χ2n) is 3.92. The molecule has 5 heteroatoms. The zero-order valence-electron chi connectivity index (χ0n) is 11.1. The minimum absolute atomic E-state index is 0.0844. The first kappa shape index (κ1) is 14.8. The summed E-state index contributed by atoms with van der Waals surface area (Å²) in [5.41, 5.74) is 1.61. The van der Waals surface area contributed by atoms with Crippen LogP contribution >= 0.6 is 0 Å². The summed E-state index contributed by atoms with van der Waals surface area (Å²) < 4.78 is 0. The van der Waals surface area contributed by atoms with Gasteiger partial charge in [-0.2, -0.15) is 0 Å². The Labute approximate surface area is 112 Å². The standard InChI is InChI=1S/C14H18N2O3/c1-3-16(10-13(17)15-2)12-7-5-4-6-11(12)8-9-14(18)19/h4-9H,3,10H2,1-2H3,(H,15,17)(H,18,19). The van der Waals surface area contributed by atoms with E-state index in [1.54, 1.807) is 7.05 Å². The van der Waals surface area contributed by atoms with Gasteiger partial charge < -0.3 is 15.3 Å². The van der Waals surface area contributed by atoms with E-state index in [0.29, 0.717) is 6.54 Å². The molecule has 0 fully saturated rings. The van der Waals surface area contributed by atoms with E-state index in [9.17, 15) is 9.59 Å². The predicted octanol–water partition coefficient (Wildman–Crippen LogP) is 1.36. The van der Waals surface area contributed by atoms with Crippen LogP contribution in [0, 0.1) is 0 Å². The highest BCUT2D eigenvalue weighted by atomic mass is 16.4. The van der Waals surface area contributed by atoms with E-state index in [2.05, 4.69) is 5.32 Å². The Bertz CT molecular complexity index is 483. The molecule has 0 heterocycles. The third-order valence-electron chi connectivity index (χ3n) is 2.68. The third-order valence-corrected chi connectivity index (χ3v) is 2.68. The lowest BCUT2D eigenvalue weighted by Crippen LogP contribution is -2.35. The zero-order valence-corrected chi connectivity index (χ0v) is 11.1. The topological polar surface area (TPSA) is 69.6 Å². The van der Waals surface area contributed by atoms with Crippen LogP contribution in [0.2, 0.25) is 0 Å². The van der Waals surface area contributed by atoms with Crippen molar-refractivity contribution in [2.75, 3.05) is 25.0 Å². The van der Waals surface area contributed by atoms with E-state index in [1.165, 1.54) is 6.08 Å². The average molecular weight is 262 g/mol. The van der Waals surface area contributed by atoms with Gasteiger partial charge in [0.1, 0.15) is 0 Å². The number of para-hydroxylation sites is 1. The molecule has 0 radical (unpaired) electrons. The quantitative estimate of drug-likeness (QED) is 0.759. The highest BCUT2D eigenvalue weighted by Gasteiger charge is 2.11. The molecule has 0 unspecified atom stereocenters. The van der Waals surface area contributed by atoms with Gasteiger partial charge in [-0.3, -0.25) is 4.79 Å². The summed E-state index contributed by atoms with van der Waals surface area (Å²) in [6, 6.07) is 7.38. The van der Waals surface area contributed by atoms with Crippen LogP contribution in [-0.4, -0.2) is 37.1 Å². The highest BCUT2D eigenvalue weighted by molar-refractivity contribution is 5.88. The maximum Gasteiger partial charge on any atom is 0.328 e. The van der Waals surface area contributed by atoms with E-state index in [0.717, 1.165) is 17.3 Å². The molecule has 0 saturated carbocycles. The van der Waals surface area contributed by atoms with Gasteiger partial charge in [-0.15, -0.1) is 0 Å². The van der Waals surface area contributed by atoms with Crippen LogP contribution in [0.3, 0.4) is 0 Å². The normalized spacial score (nSPS) is 10.4. The summed E-state index contributed by atoms with van der Waals surface area (Å²) in [6.07, 6.45) is 2.62. The first-order valence-electron chi connectivity index (χ1n) is 6.04. The molecule has 5 nitrogen and oxygen atoms in total. The maximum atomic E-state index is 11.5. The lowest BCUT2D eigenvalue weighted by molar-refractivity contribution is -0.131. The number of rotatable bonds is 6. The fraction of sp³-hybridized carbons (Fsp3) is 0.286. The Kier molecular flexibility index (Phi) is 5.60. The number of likely N-dealkylation sites (N-methyl/N-ethyl adjacent to an activating group) is 2. The molecule has 0 aliphatic rings. The number of anilines is 1. The van der Waals surface area contributed by atoms with Crippen molar-refractivity contribution >= 4 is 23.6 Å². The summed E-state index contributed by atoms with van der Waals surface area (Å²) in [5, 5.41) is 11.3. The van der Waals surface area contributed by atoms with E-state index in [4.69, 9.17) is 5.11 Å². The first-order chi connectivity index (χ1) is 9.08. The molecule has 0 saturated heterocycles. The van der Waals surface area contributed by atoms with Crippen molar-refractivity contribution < 1.29 is 14.7 Å². The Hall–Kier alpha value is -2.30. The lowest BCUT2D eigenvalue weighted by Gasteiger charge is -2.24. The van der Waals surface area contributed by atoms with Crippen molar-refractivity contribution in [2.24, 2.45) is 0 Å². The number of carbonyl (C=O) groups excluding carboxylic acids is 1. The van der Waals surface area contributed by atoms with Crippen LogP contribution < -0.4 is 10.2 Å². The van der Waals surface area contributed by atoms with E-state index < -0.39 is 5.97 Å². The Morgan fingerprint density at radius 2 is 2.05 bits per heavy atom. The zero-order chi connectivity index (χ0) is 14.3. The molecule has 1 amide bonds. The van der Waals surface area contributed by atoms with Gasteiger partial charge in [0, 0.05) is 25.4 Å². The van der Waals surface area contributed by atoms with Crippen LogP contribution in [0.15, 0.2) is 30.3 Å². The summed E-state index contributed by atoms with van der Waals surface area (Å²) in [6.45, 7) is 2.84. The second kappa shape index (κ2) is 7.20. The smallest absolute Gasteiger partial charge is 0.328 e. The number of carboxylic acid groups (broad SMARTS) is 1. The summed E-state index contributed by atoms with van der Waals surface area (Å²) >= 11 is 0. The number of amides is 1. The number of hydrogen-bond donors (Lipinski definition) is 2. The molecule has 0 spiro atoms. The summed E-state index contributed by atoms with van der Waals surface area (Å²) in [5.74, 6) is -1.08. The van der Waals surface area contributed by atoms with Crippen molar-refractivity contribution in [1.29, 1.82) is 0 Å². The summed E-state index contributed by atoms with van der Waals surface area (Å²) in [7, 11) is 1.59. The fourth-order valence-corrected chi connectivity index (χ4v) is 1.70. The highest BCUT2D eigenvalue weighted by Crippen LogP contribution is 2.21. The molecular weight excluding hydrogens is 244 g/mol. The van der Waals surface area contributed by atoms with Gasteiger partial charge in [0.2, 0.25) is 5.91 Å². The van der Waals surface area contributed by atoms with Gasteiger partial charge in [-0.25, -0.2) is 4.79 Å². The number of aliphatic carboxylic acids is 1. The maximum absolute atomic E-state index is 11.5. The van der Waals surface area contributed by atoms with Crippen molar-refractivity contribution in [1.82, 2.24) is 5.32 Å². The molecule has 102 valence electrons. The number of nitrogens with zero attached hydrogens (tertiary/aromatic N) is 1. The average Bonchev–Trinajstić information content (AvgIpc) is 2.42. The van der Waals surface area contributed by atoms with Crippen LogP contribution in [0.25, 0.3) is 6.08 Å². The molecular formula is C14H18N2O3. The molecule has 19 heavy (non-hydrogen) atoms. The van der Waals surface area contributed by atoms with Gasteiger partial charge in [0.25, 0.3) is 0 Å². The van der Waals surface area contributed by atoms with E-state index >= 15 is 0 Å².